The van der Waals surface area contributed by atoms with Gasteiger partial charge >= 0.3 is 0 Å². The Hall–Kier alpha value is -8.41. The zero-order valence-electron chi connectivity index (χ0n) is 34.5. The molecule has 5 heteroatoms. The Morgan fingerprint density at radius 1 is 0.302 bits per heavy atom. The van der Waals surface area contributed by atoms with Crippen LogP contribution in [0.25, 0.3) is 111 Å². The van der Waals surface area contributed by atoms with Crippen LogP contribution in [0.15, 0.2) is 218 Å². The molecule has 0 amide bonds. The summed E-state index contributed by atoms with van der Waals surface area (Å²) in [5.74, 6) is 1.86. The topological polar surface area (TPSA) is 48.5 Å². The molecule has 0 fully saturated rings. The number of para-hydroxylation sites is 3. The number of aromatic nitrogens is 5. The second-order valence-electron chi connectivity index (χ2n) is 16.1. The molecule has 0 aliphatic rings. The normalized spacial score (nSPS) is 11.6. The van der Waals surface area contributed by atoms with Crippen LogP contribution in [-0.2, 0) is 0 Å². The van der Waals surface area contributed by atoms with Crippen molar-refractivity contribution < 1.29 is 0 Å². The van der Waals surface area contributed by atoms with E-state index >= 15 is 0 Å². The van der Waals surface area contributed by atoms with Gasteiger partial charge in [-0.3, -0.25) is 0 Å². The maximum absolute atomic E-state index is 5.28. The van der Waals surface area contributed by atoms with Gasteiger partial charge in [0, 0.05) is 43.9 Å². The van der Waals surface area contributed by atoms with Gasteiger partial charge < -0.3 is 9.13 Å². The van der Waals surface area contributed by atoms with Crippen molar-refractivity contribution in [2.24, 2.45) is 0 Å². The van der Waals surface area contributed by atoms with Gasteiger partial charge in [0.25, 0.3) is 0 Å². The number of hydrogen-bond donors (Lipinski definition) is 0. The Kier molecular flexibility index (Phi) is 8.64. The Bertz CT molecular complexity index is 3620. The van der Waals surface area contributed by atoms with Crippen molar-refractivity contribution in [2.45, 2.75) is 6.92 Å². The molecule has 0 bridgehead atoms. The zero-order chi connectivity index (χ0) is 41.9. The fourth-order valence-electron chi connectivity index (χ4n) is 9.30. The third-order valence-corrected chi connectivity index (χ3v) is 12.2. The molecule has 0 aliphatic carbocycles. The molecule has 12 rings (SSSR count). The van der Waals surface area contributed by atoms with E-state index in [0.29, 0.717) is 17.5 Å². The highest BCUT2D eigenvalue weighted by Gasteiger charge is 2.21. The third-order valence-electron chi connectivity index (χ3n) is 12.2. The van der Waals surface area contributed by atoms with E-state index in [-0.39, 0.29) is 0 Å². The van der Waals surface area contributed by atoms with Crippen LogP contribution in [-0.4, -0.2) is 24.1 Å². The largest absolute Gasteiger partial charge is 0.309 e. The molecule has 0 spiro atoms. The van der Waals surface area contributed by atoms with E-state index in [1.807, 2.05) is 6.07 Å². The number of benzene rings is 9. The molecule has 63 heavy (non-hydrogen) atoms. The molecule has 0 radical (unpaired) electrons. The minimum Gasteiger partial charge on any atom is -0.309 e. The van der Waals surface area contributed by atoms with Crippen molar-refractivity contribution in [1.29, 1.82) is 0 Å². The average molecular weight is 806 g/mol. The van der Waals surface area contributed by atoms with Crippen molar-refractivity contribution in [3.63, 3.8) is 0 Å². The van der Waals surface area contributed by atoms with Crippen molar-refractivity contribution >= 4 is 43.6 Å². The molecule has 296 valence electrons. The SMILES string of the molecule is Cc1cccc(-c2nc(-c3ccc(-c4ccccc4)cc3)nc(-c3cc(-c4ccccc4)cc(-n4c5ccccc5c5c(-n6c7ccccc7c7ccccc76)cccc54)c3)n2)c1. The van der Waals surface area contributed by atoms with Crippen LogP contribution in [0.3, 0.4) is 0 Å². The highest BCUT2D eigenvalue weighted by Crippen LogP contribution is 2.41. The van der Waals surface area contributed by atoms with Crippen LogP contribution in [0.1, 0.15) is 5.56 Å². The second kappa shape index (κ2) is 14.9. The van der Waals surface area contributed by atoms with E-state index in [0.717, 1.165) is 61.4 Å². The molecule has 3 aromatic heterocycles. The molecule has 3 heterocycles. The van der Waals surface area contributed by atoms with Crippen molar-refractivity contribution in [3.05, 3.63) is 224 Å². The van der Waals surface area contributed by atoms with E-state index in [4.69, 9.17) is 15.0 Å². The summed E-state index contributed by atoms with van der Waals surface area (Å²) >= 11 is 0. The number of nitrogens with zero attached hydrogens (tertiary/aromatic N) is 5. The van der Waals surface area contributed by atoms with Gasteiger partial charge in [0.05, 0.1) is 27.8 Å². The first kappa shape index (κ1) is 36.4. The number of hydrogen-bond acceptors (Lipinski definition) is 3. The van der Waals surface area contributed by atoms with Crippen molar-refractivity contribution in [2.75, 3.05) is 0 Å². The minimum atomic E-state index is 0.606. The lowest BCUT2D eigenvalue weighted by atomic mass is 10.0. The Morgan fingerprint density at radius 3 is 1.41 bits per heavy atom. The van der Waals surface area contributed by atoms with E-state index in [1.165, 1.54) is 38.1 Å². The van der Waals surface area contributed by atoms with Gasteiger partial charge in [-0.2, -0.15) is 0 Å². The summed E-state index contributed by atoms with van der Waals surface area (Å²) in [6.45, 7) is 2.10. The Balaban J connectivity index is 1.10. The summed E-state index contributed by atoms with van der Waals surface area (Å²) in [6.07, 6.45) is 0. The lowest BCUT2D eigenvalue weighted by Gasteiger charge is -2.15. The van der Waals surface area contributed by atoms with Crippen molar-refractivity contribution in [1.82, 2.24) is 24.1 Å². The standard InChI is InChI=1S/C58H39N5/c1-38-16-14-21-43(34-38)57-59-56(42-32-30-41(31-33-42)39-17-4-2-5-18-39)60-58(61-57)45-35-44(40-19-6-3-7-20-40)36-46(37-45)62-52-27-13-10-24-49(52)55-53(62)28-15-29-54(55)63-50-25-11-8-22-47(50)48-23-9-12-26-51(48)63/h2-37H,1H3. The lowest BCUT2D eigenvalue weighted by Crippen LogP contribution is -2.02. The first-order chi connectivity index (χ1) is 31.1. The Labute approximate surface area is 364 Å². The fraction of sp³-hybridized carbons (Fsp3) is 0.0172. The molecular formula is C58H39N5. The van der Waals surface area contributed by atoms with Crippen LogP contribution >= 0.6 is 0 Å². The van der Waals surface area contributed by atoms with Gasteiger partial charge in [-0.05, 0) is 83.8 Å². The first-order valence-corrected chi connectivity index (χ1v) is 21.4. The summed E-state index contributed by atoms with van der Waals surface area (Å²) in [4.78, 5) is 15.7. The quantitative estimate of drug-likeness (QED) is 0.161. The van der Waals surface area contributed by atoms with Gasteiger partial charge in [0.2, 0.25) is 0 Å². The lowest BCUT2D eigenvalue weighted by molar-refractivity contribution is 1.07. The van der Waals surface area contributed by atoms with Crippen LogP contribution in [0.2, 0.25) is 0 Å². The Morgan fingerprint density at radius 2 is 0.762 bits per heavy atom. The highest BCUT2D eigenvalue weighted by atomic mass is 15.0. The average Bonchev–Trinajstić information content (AvgIpc) is 3.88. The van der Waals surface area contributed by atoms with Crippen LogP contribution in [0.5, 0.6) is 0 Å². The summed E-state index contributed by atoms with van der Waals surface area (Å²) in [7, 11) is 0. The molecule has 0 unspecified atom stereocenters. The molecule has 9 aromatic carbocycles. The smallest absolute Gasteiger partial charge is 0.164 e. The maximum Gasteiger partial charge on any atom is 0.164 e. The number of fused-ring (bicyclic) bond motifs is 6. The van der Waals surface area contributed by atoms with Crippen LogP contribution in [0.4, 0.5) is 0 Å². The molecule has 12 aromatic rings. The highest BCUT2D eigenvalue weighted by molar-refractivity contribution is 6.16. The summed E-state index contributed by atoms with van der Waals surface area (Å²) in [5.41, 5.74) is 15.1. The van der Waals surface area contributed by atoms with Gasteiger partial charge in [-0.15, -0.1) is 0 Å². The summed E-state index contributed by atoms with van der Waals surface area (Å²) in [6, 6.07) is 77.6. The minimum absolute atomic E-state index is 0.606. The van der Waals surface area contributed by atoms with E-state index in [9.17, 15) is 0 Å². The predicted octanol–water partition coefficient (Wildman–Crippen LogP) is 14.7. The van der Waals surface area contributed by atoms with E-state index < -0.39 is 0 Å². The molecule has 0 atom stereocenters. The molecular weight excluding hydrogens is 767 g/mol. The second-order valence-corrected chi connectivity index (χ2v) is 16.1. The maximum atomic E-state index is 5.28. The molecule has 0 saturated carbocycles. The van der Waals surface area contributed by atoms with Crippen LogP contribution < -0.4 is 0 Å². The van der Waals surface area contributed by atoms with Gasteiger partial charge in [-0.25, -0.2) is 15.0 Å². The first-order valence-electron chi connectivity index (χ1n) is 21.4. The van der Waals surface area contributed by atoms with E-state index in [2.05, 4.69) is 228 Å². The van der Waals surface area contributed by atoms with Crippen LogP contribution in [0, 0.1) is 6.92 Å². The summed E-state index contributed by atoms with van der Waals surface area (Å²) < 4.78 is 4.84. The van der Waals surface area contributed by atoms with Crippen molar-refractivity contribution in [3.8, 4) is 67.8 Å². The molecule has 0 saturated heterocycles. The summed E-state index contributed by atoms with van der Waals surface area (Å²) in [5, 5.41) is 4.85. The van der Waals surface area contributed by atoms with Gasteiger partial charge in [0.15, 0.2) is 17.5 Å². The molecule has 5 nitrogen and oxygen atoms in total. The van der Waals surface area contributed by atoms with Gasteiger partial charge in [-0.1, -0.05) is 169 Å². The third kappa shape index (κ3) is 6.29. The molecule has 0 aliphatic heterocycles. The fourth-order valence-corrected chi connectivity index (χ4v) is 9.30. The zero-order valence-corrected chi connectivity index (χ0v) is 34.5. The predicted molar refractivity (Wildman–Crippen MR) is 260 cm³/mol. The number of aryl methyl sites for hydroxylation is 1. The molecule has 0 N–H and O–H groups in total. The van der Waals surface area contributed by atoms with Gasteiger partial charge in [0.1, 0.15) is 0 Å². The number of rotatable bonds is 7. The monoisotopic (exact) mass is 805 g/mol. The van der Waals surface area contributed by atoms with E-state index in [1.54, 1.807) is 0 Å².